The molecule has 0 bridgehead atoms. The van der Waals surface area contributed by atoms with Crippen LogP contribution in [0.25, 0.3) is 0 Å². The van der Waals surface area contributed by atoms with Crippen LogP contribution >= 0.6 is 0 Å². The highest BCUT2D eigenvalue weighted by Gasteiger charge is 2.06. The number of likely N-dealkylation sites (N-methyl/N-ethyl adjacent to an activating group) is 1. The van der Waals surface area contributed by atoms with Gasteiger partial charge in [0.05, 0.1) is 12.1 Å². The summed E-state index contributed by atoms with van der Waals surface area (Å²) in [5.41, 5.74) is 0. The Morgan fingerprint density at radius 2 is 2.33 bits per heavy atom. The Hall–Kier alpha value is -0.340. The van der Waals surface area contributed by atoms with Crippen LogP contribution in [-0.4, -0.2) is 23.8 Å². The highest BCUT2D eigenvalue weighted by atomic mass is 16.3. The topological polar surface area (TPSA) is 32.3 Å². The Morgan fingerprint density at radius 1 is 1.78 bits per heavy atom. The van der Waals surface area contributed by atoms with E-state index in [9.17, 15) is 0 Å². The van der Waals surface area contributed by atoms with Gasteiger partial charge in [0.25, 0.3) is 0 Å². The van der Waals surface area contributed by atoms with Gasteiger partial charge in [-0.3, -0.25) is 0 Å². The molecule has 2 atom stereocenters. The number of hydrogen-bond acceptors (Lipinski definition) is 2. The molecule has 0 aliphatic rings. The molecule has 0 aromatic heterocycles. The molecule has 0 saturated carbocycles. The number of rotatable bonds is 4. The van der Waals surface area contributed by atoms with Gasteiger partial charge in [-0.15, -0.1) is 6.58 Å². The lowest BCUT2D eigenvalue weighted by atomic mass is 10.2. The van der Waals surface area contributed by atoms with E-state index in [0.717, 1.165) is 6.54 Å². The lowest BCUT2D eigenvalue weighted by molar-refractivity contribution is 0.165. The van der Waals surface area contributed by atoms with Crippen molar-refractivity contribution in [3.8, 4) is 0 Å². The van der Waals surface area contributed by atoms with Crippen LogP contribution < -0.4 is 5.32 Å². The molecular formula is C7H15NO. The first-order valence-corrected chi connectivity index (χ1v) is 3.26. The molecule has 0 radical (unpaired) electrons. The molecule has 0 aromatic rings. The number of nitrogens with one attached hydrogen (secondary N) is 1. The zero-order valence-corrected chi connectivity index (χ0v) is 6.09. The summed E-state index contributed by atoms with van der Waals surface area (Å²) in [4.78, 5) is 0. The first kappa shape index (κ1) is 8.66. The van der Waals surface area contributed by atoms with Gasteiger partial charge < -0.3 is 10.4 Å². The molecule has 0 spiro atoms. The van der Waals surface area contributed by atoms with Crippen molar-refractivity contribution in [2.75, 3.05) is 6.54 Å². The van der Waals surface area contributed by atoms with E-state index in [1.807, 2.05) is 6.92 Å². The number of aliphatic hydroxyl groups excluding tert-OH is 1. The molecule has 2 heteroatoms. The molecule has 0 saturated heterocycles. The second-order valence-electron chi connectivity index (χ2n) is 2.06. The molecular weight excluding hydrogens is 114 g/mol. The van der Waals surface area contributed by atoms with Crippen LogP contribution in [0.2, 0.25) is 0 Å². The lowest BCUT2D eigenvalue weighted by Crippen LogP contribution is -2.36. The van der Waals surface area contributed by atoms with E-state index >= 15 is 0 Å². The Bertz CT molecular complexity index is 81.0. The molecule has 0 aromatic carbocycles. The SMILES string of the molecule is C=CC(NCC)C(C)O. The summed E-state index contributed by atoms with van der Waals surface area (Å²) in [5, 5.41) is 12.1. The number of aliphatic hydroxyl groups is 1. The van der Waals surface area contributed by atoms with Gasteiger partial charge in [-0.2, -0.15) is 0 Å². The first-order valence-electron chi connectivity index (χ1n) is 3.26. The Kier molecular flexibility index (Phi) is 4.36. The predicted molar refractivity (Wildman–Crippen MR) is 39.3 cm³/mol. The highest BCUT2D eigenvalue weighted by Crippen LogP contribution is 1.91. The fraction of sp³-hybridized carbons (Fsp3) is 0.714. The highest BCUT2D eigenvalue weighted by molar-refractivity contribution is 4.88. The van der Waals surface area contributed by atoms with E-state index in [1.165, 1.54) is 0 Å². The summed E-state index contributed by atoms with van der Waals surface area (Å²) in [5.74, 6) is 0. The third-order valence-corrected chi connectivity index (χ3v) is 1.21. The minimum Gasteiger partial charge on any atom is -0.391 e. The van der Waals surface area contributed by atoms with Gasteiger partial charge in [0, 0.05) is 0 Å². The van der Waals surface area contributed by atoms with Crippen LogP contribution in [0.1, 0.15) is 13.8 Å². The first-order chi connectivity index (χ1) is 4.22. The molecule has 0 fully saturated rings. The summed E-state index contributed by atoms with van der Waals surface area (Å²) in [6.07, 6.45) is 1.37. The van der Waals surface area contributed by atoms with Crippen molar-refractivity contribution in [2.45, 2.75) is 26.0 Å². The average molecular weight is 129 g/mol. The molecule has 54 valence electrons. The van der Waals surface area contributed by atoms with Crippen molar-refractivity contribution in [3.63, 3.8) is 0 Å². The van der Waals surface area contributed by atoms with Gasteiger partial charge in [-0.05, 0) is 13.5 Å². The van der Waals surface area contributed by atoms with Crippen molar-refractivity contribution >= 4 is 0 Å². The summed E-state index contributed by atoms with van der Waals surface area (Å²) >= 11 is 0. The maximum Gasteiger partial charge on any atom is 0.0700 e. The van der Waals surface area contributed by atoms with Gasteiger partial charge in [0.2, 0.25) is 0 Å². The second kappa shape index (κ2) is 4.53. The van der Waals surface area contributed by atoms with Crippen LogP contribution in [0, 0.1) is 0 Å². The van der Waals surface area contributed by atoms with Gasteiger partial charge >= 0.3 is 0 Å². The van der Waals surface area contributed by atoms with E-state index in [0.29, 0.717) is 0 Å². The van der Waals surface area contributed by atoms with Gasteiger partial charge in [0.15, 0.2) is 0 Å². The summed E-state index contributed by atoms with van der Waals surface area (Å²) in [6.45, 7) is 8.18. The molecule has 2 nitrogen and oxygen atoms in total. The molecule has 0 heterocycles. The maximum atomic E-state index is 9.01. The van der Waals surface area contributed by atoms with E-state index in [2.05, 4.69) is 11.9 Å². The third kappa shape index (κ3) is 3.27. The third-order valence-electron chi connectivity index (χ3n) is 1.21. The van der Waals surface area contributed by atoms with E-state index in [4.69, 9.17) is 5.11 Å². The molecule has 0 aliphatic heterocycles. The van der Waals surface area contributed by atoms with Crippen molar-refractivity contribution in [3.05, 3.63) is 12.7 Å². The minimum atomic E-state index is -0.345. The second-order valence-corrected chi connectivity index (χ2v) is 2.06. The standard InChI is InChI=1S/C7H15NO/c1-4-7(6(3)9)8-5-2/h4,6-9H,1,5H2,2-3H3. The van der Waals surface area contributed by atoms with Crippen LogP contribution in [0.4, 0.5) is 0 Å². The maximum absolute atomic E-state index is 9.01. The largest absolute Gasteiger partial charge is 0.391 e. The zero-order chi connectivity index (χ0) is 7.28. The van der Waals surface area contributed by atoms with Crippen molar-refractivity contribution in [2.24, 2.45) is 0 Å². The summed E-state index contributed by atoms with van der Waals surface area (Å²) in [6, 6.07) is 0.0370. The molecule has 0 rings (SSSR count). The Balaban J connectivity index is 3.54. The van der Waals surface area contributed by atoms with E-state index in [-0.39, 0.29) is 12.1 Å². The fourth-order valence-corrected chi connectivity index (χ4v) is 0.687. The zero-order valence-electron chi connectivity index (χ0n) is 6.09. The van der Waals surface area contributed by atoms with Crippen LogP contribution in [0.15, 0.2) is 12.7 Å². The van der Waals surface area contributed by atoms with Gasteiger partial charge in [0.1, 0.15) is 0 Å². The monoisotopic (exact) mass is 129 g/mol. The Morgan fingerprint density at radius 3 is 2.44 bits per heavy atom. The van der Waals surface area contributed by atoms with Crippen LogP contribution in [-0.2, 0) is 0 Å². The fourth-order valence-electron chi connectivity index (χ4n) is 0.687. The van der Waals surface area contributed by atoms with Crippen LogP contribution in [0.5, 0.6) is 0 Å². The predicted octanol–water partition coefficient (Wildman–Crippen LogP) is 0.531. The quantitative estimate of drug-likeness (QED) is 0.543. The molecule has 2 N–H and O–H groups in total. The average Bonchev–Trinajstić information content (AvgIpc) is 1.82. The lowest BCUT2D eigenvalue weighted by Gasteiger charge is -2.15. The van der Waals surface area contributed by atoms with Crippen molar-refractivity contribution in [1.82, 2.24) is 5.32 Å². The Labute approximate surface area is 56.6 Å². The van der Waals surface area contributed by atoms with Crippen molar-refractivity contribution < 1.29 is 5.11 Å². The molecule has 9 heavy (non-hydrogen) atoms. The van der Waals surface area contributed by atoms with Crippen LogP contribution in [0.3, 0.4) is 0 Å². The number of hydrogen-bond donors (Lipinski definition) is 2. The molecule has 0 amide bonds. The summed E-state index contributed by atoms with van der Waals surface area (Å²) in [7, 11) is 0. The normalized spacial score (nSPS) is 16.8. The van der Waals surface area contributed by atoms with Gasteiger partial charge in [-0.25, -0.2) is 0 Å². The van der Waals surface area contributed by atoms with E-state index in [1.54, 1.807) is 13.0 Å². The van der Waals surface area contributed by atoms with E-state index < -0.39 is 0 Å². The molecule has 2 unspecified atom stereocenters. The minimum absolute atomic E-state index is 0.0370. The molecule has 0 aliphatic carbocycles. The van der Waals surface area contributed by atoms with Crippen molar-refractivity contribution in [1.29, 1.82) is 0 Å². The summed E-state index contributed by atoms with van der Waals surface area (Å²) < 4.78 is 0. The smallest absolute Gasteiger partial charge is 0.0700 e. The van der Waals surface area contributed by atoms with Gasteiger partial charge in [-0.1, -0.05) is 13.0 Å².